The molecule has 1 N–H and O–H groups in total. The third-order valence-electron chi connectivity index (χ3n) is 1.58. The summed E-state index contributed by atoms with van der Waals surface area (Å²) in [6, 6.07) is 1.68. The smallest absolute Gasteiger partial charge is 0.153 e. The van der Waals surface area contributed by atoms with Crippen LogP contribution in [0, 0.1) is 14.1 Å². The van der Waals surface area contributed by atoms with Crippen LogP contribution in [0.2, 0.25) is 0 Å². The molecule has 1 rings (SSSR count). The molecule has 1 aromatic rings. The van der Waals surface area contributed by atoms with E-state index in [4.69, 9.17) is 0 Å². The van der Waals surface area contributed by atoms with Gasteiger partial charge in [0, 0.05) is 12.7 Å². The molecule has 64 valence electrons. The van der Waals surface area contributed by atoms with Crippen molar-refractivity contribution in [2.24, 2.45) is 0 Å². The second kappa shape index (κ2) is 3.91. The normalized spacial score (nSPS) is 9.92. The summed E-state index contributed by atoms with van der Waals surface area (Å²) in [6.07, 6.45) is 0.667. The van der Waals surface area contributed by atoms with Gasteiger partial charge in [-0.2, -0.15) is 0 Å². The van der Waals surface area contributed by atoms with Gasteiger partial charge >= 0.3 is 0 Å². The molecule has 0 unspecified atom stereocenters. The van der Waals surface area contributed by atoms with Crippen LogP contribution in [0.3, 0.4) is 0 Å². The van der Waals surface area contributed by atoms with Gasteiger partial charge < -0.3 is 5.11 Å². The monoisotopic (exact) mass is 388 g/mol. The molecule has 0 fully saturated rings. The summed E-state index contributed by atoms with van der Waals surface area (Å²) in [6.45, 7) is 1.80. The summed E-state index contributed by atoms with van der Waals surface area (Å²) in [5.74, 6) is 0.0924. The van der Waals surface area contributed by atoms with Crippen molar-refractivity contribution in [2.75, 3.05) is 0 Å². The van der Waals surface area contributed by atoms with Crippen molar-refractivity contribution in [3.63, 3.8) is 0 Å². The van der Waals surface area contributed by atoms with E-state index < -0.39 is 0 Å². The Bertz CT molecular complexity index is 334. The molecule has 0 aliphatic rings. The Labute approximate surface area is 97.6 Å². The highest BCUT2D eigenvalue weighted by molar-refractivity contribution is 14.1. The molecule has 12 heavy (non-hydrogen) atoms. The minimum atomic E-state index is 0.0924. The zero-order chi connectivity index (χ0) is 9.30. The van der Waals surface area contributed by atoms with Gasteiger partial charge in [-0.05, 0) is 58.2 Å². The number of hydrogen-bond acceptors (Lipinski definition) is 2. The Morgan fingerprint density at radius 3 is 2.58 bits per heavy atom. The second-order valence-corrected chi connectivity index (χ2v) is 4.59. The van der Waals surface area contributed by atoms with Crippen molar-refractivity contribution in [1.29, 1.82) is 0 Å². The fourth-order valence-electron chi connectivity index (χ4n) is 0.858. The molecule has 0 atom stereocenters. The lowest BCUT2D eigenvalue weighted by molar-refractivity contribution is 0.112. The number of rotatable bonds is 1. The Kier molecular flexibility index (Phi) is 3.33. The van der Waals surface area contributed by atoms with Crippen molar-refractivity contribution in [2.45, 2.75) is 6.92 Å². The average Bonchev–Trinajstić information content (AvgIpc) is 2.08. The molecule has 0 amide bonds. The van der Waals surface area contributed by atoms with Crippen LogP contribution in [0.25, 0.3) is 0 Å². The molecule has 0 heterocycles. The second-order valence-electron chi connectivity index (χ2n) is 2.35. The standard InChI is InChI=1S/C8H6I2O2/c1-4-7(10)6(9)2-5(3-11)8(4)12/h2-3,12H,1H3. The summed E-state index contributed by atoms with van der Waals surface area (Å²) in [5.41, 5.74) is 1.13. The van der Waals surface area contributed by atoms with Crippen molar-refractivity contribution in [3.05, 3.63) is 24.3 Å². The van der Waals surface area contributed by atoms with E-state index in [9.17, 15) is 9.90 Å². The quantitative estimate of drug-likeness (QED) is 0.594. The van der Waals surface area contributed by atoms with Crippen molar-refractivity contribution in [3.8, 4) is 5.75 Å². The van der Waals surface area contributed by atoms with E-state index in [-0.39, 0.29) is 5.75 Å². The fraction of sp³-hybridized carbons (Fsp3) is 0.125. The van der Waals surface area contributed by atoms with E-state index >= 15 is 0 Å². The number of carbonyl (C=O) groups is 1. The lowest BCUT2D eigenvalue weighted by Crippen LogP contribution is -1.91. The summed E-state index contributed by atoms with van der Waals surface area (Å²) < 4.78 is 1.99. The topological polar surface area (TPSA) is 37.3 Å². The third kappa shape index (κ3) is 1.73. The molecule has 0 saturated carbocycles. The molecule has 0 spiro atoms. The highest BCUT2D eigenvalue weighted by Gasteiger charge is 2.09. The maximum absolute atomic E-state index is 10.5. The number of benzene rings is 1. The largest absolute Gasteiger partial charge is 0.507 e. The van der Waals surface area contributed by atoms with Gasteiger partial charge in [0.25, 0.3) is 0 Å². The Morgan fingerprint density at radius 1 is 1.50 bits per heavy atom. The van der Waals surface area contributed by atoms with Gasteiger partial charge in [-0.1, -0.05) is 0 Å². The zero-order valence-corrected chi connectivity index (χ0v) is 10.6. The molecule has 0 radical (unpaired) electrons. The zero-order valence-electron chi connectivity index (χ0n) is 6.27. The van der Waals surface area contributed by atoms with Crippen LogP contribution in [0.1, 0.15) is 15.9 Å². The maximum Gasteiger partial charge on any atom is 0.153 e. The number of aldehydes is 1. The molecule has 0 aliphatic carbocycles. The van der Waals surface area contributed by atoms with Gasteiger partial charge in [0.15, 0.2) is 6.29 Å². The van der Waals surface area contributed by atoms with Crippen molar-refractivity contribution < 1.29 is 9.90 Å². The number of carbonyl (C=O) groups excluding carboxylic acids is 1. The molecule has 0 aliphatic heterocycles. The van der Waals surface area contributed by atoms with E-state index in [1.807, 2.05) is 0 Å². The predicted octanol–water partition coefficient (Wildman–Crippen LogP) is 2.72. The van der Waals surface area contributed by atoms with Gasteiger partial charge in [0.2, 0.25) is 0 Å². The molecular weight excluding hydrogens is 382 g/mol. The van der Waals surface area contributed by atoms with Crippen molar-refractivity contribution >= 4 is 51.5 Å². The van der Waals surface area contributed by atoms with Gasteiger partial charge in [0.1, 0.15) is 5.75 Å². The van der Waals surface area contributed by atoms with E-state index in [1.54, 1.807) is 13.0 Å². The van der Waals surface area contributed by atoms with Gasteiger partial charge in [-0.3, -0.25) is 4.79 Å². The van der Waals surface area contributed by atoms with Gasteiger partial charge in [-0.25, -0.2) is 0 Å². The number of halogens is 2. The molecule has 1 aromatic carbocycles. The number of hydrogen-bond donors (Lipinski definition) is 1. The maximum atomic E-state index is 10.5. The first-order valence-electron chi connectivity index (χ1n) is 3.20. The molecule has 0 saturated heterocycles. The van der Waals surface area contributed by atoms with Crippen molar-refractivity contribution in [1.82, 2.24) is 0 Å². The summed E-state index contributed by atoms with van der Waals surface area (Å²) in [5, 5.41) is 9.46. The van der Waals surface area contributed by atoms with Crippen LogP contribution in [0.15, 0.2) is 6.07 Å². The van der Waals surface area contributed by atoms with E-state index in [1.165, 1.54) is 0 Å². The summed E-state index contributed by atoms with van der Waals surface area (Å²) in [7, 11) is 0. The van der Waals surface area contributed by atoms with Crippen LogP contribution in [-0.4, -0.2) is 11.4 Å². The molecular formula is C8H6I2O2. The molecule has 4 heteroatoms. The Morgan fingerprint density at radius 2 is 2.08 bits per heavy atom. The SMILES string of the molecule is Cc1c(O)c(C=O)cc(I)c1I. The first-order valence-corrected chi connectivity index (χ1v) is 5.36. The highest BCUT2D eigenvalue weighted by Crippen LogP contribution is 2.29. The first kappa shape index (κ1) is 10.2. The fourth-order valence-corrected chi connectivity index (χ4v) is 2.01. The predicted molar refractivity (Wildman–Crippen MR) is 63.7 cm³/mol. The van der Waals surface area contributed by atoms with Gasteiger partial charge in [-0.15, -0.1) is 0 Å². The van der Waals surface area contributed by atoms with Crippen LogP contribution in [0.5, 0.6) is 5.75 Å². The first-order chi connectivity index (χ1) is 5.57. The molecule has 0 aromatic heterocycles. The van der Waals surface area contributed by atoms with Crippen LogP contribution in [-0.2, 0) is 0 Å². The van der Waals surface area contributed by atoms with E-state index in [2.05, 4.69) is 45.2 Å². The van der Waals surface area contributed by atoms with Crippen LogP contribution in [0.4, 0.5) is 0 Å². The minimum absolute atomic E-state index is 0.0924. The van der Waals surface area contributed by atoms with Crippen LogP contribution >= 0.6 is 45.2 Å². The van der Waals surface area contributed by atoms with Crippen LogP contribution < -0.4 is 0 Å². The highest BCUT2D eigenvalue weighted by atomic mass is 127. The van der Waals surface area contributed by atoms with E-state index in [0.717, 1.165) is 12.7 Å². The Hall–Kier alpha value is 0.150. The summed E-state index contributed by atoms with van der Waals surface area (Å²) in [4.78, 5) is 10.5. The number of phenols is 1. The lowest BCUT2D eigenvalue weighted by atomic mass is 10.1. The lowest BCUT2D eigenvalue weighted by Gasteiger charge is -2.05. The van der Waals surface area contributed by atoms with Gasteiger partial charge in [0.05, 0.1) is 5.56 Å². The summed E-state index contributed by atoms with van der Waals surface area (Å²) >= 11 is 4.28. The number of phenolic OH excluding ortho intramolecular Hbond substituents is 1. The van der Waals surface area contributed by atoms with E-state index in [0.29, 0.717) is 11.8 Å². The molecule has 0 bridgehead atoms. The number of aromatic hydroxyl groups is 1. The third-order valence-corrected chi connectivity index (χ3v) is 4.85. The molecule has 2 nitrogen and oxygen atoms in total. The minimum Gasteiger partial charge on any atom is -0.507 e. The average molecular weight is 388 g/mol. The Balaban J connectivity index is 3.49.